The number of fused-ring (bicyclic) bond motifs is 1. The summed E-state index contributed by atoms with van der Waals surface area (Å²) in [7, 11) is 0. The van der Waals surface area contributed by atoms with Crippen LogP contribution in [0.4, 0.5) is 13.2 Å². The molecule has 1 aliphatic heterocycles. The average Bonchev–Trinajstić information content (AvgIpc) is 3.56. The van der Waals surface area contributed by atoms with Crippen molar-refractivity contribution in [2.45, 2.75) is 83.5 Å². The number of esters is 1. The summed E-state index contributed by atoms with van der Waals surface area (Å²) in [5.41, 5.74) is 0.0800. The van der Waals surface area contributed by atoms with Gasteiger partial charge in [-0.3, -0.25) is 9.59 Å². The van der Waals surface area contributed by atoms with Crippen LogP contribution in [0.1, 0.15) is 72.4 Å². The normalized spacial score (nSPS) is 22.1. The number of benzene rings is 1. The molecule has 3 aromatic rings. The van der Waals surface area contributed by atoms with Gasteiger partial charge in [0.1, 0.15) is 11.5 Å². The Balaban J connectivity index is 1.37. The molecule has 1 saturated carbocycles. The van der Waals surface area contributed by atoms with Crippen LogP contribution in [0.15, 0.2) is 24.3 Å². The van der Waals surface area contributed by atoms with Gasteiger partial charge in [-0.15, -0.1) is 5.10 Å². The number of aryl methyl sites for hydroxylation is 3. The molecule has 2 atom stereocenters. The molecule has 0 radical (unpaired) electrons. The highest BCUT2D eigenvalue weighted by Gasteiger charge is 2.51. The highest BCUT2D eigenvalue weighted by Crippen LogP contribution is 2.45. The van der Waals surface area contributed by atoms with E-state index >= 15 is 0 Å². The van der Waals surface area contributed by atoms with Crippen molar-refractivity contribution in [2.24, 2.45) is 11.8 Å². The van der Waals surface area contributed by atoms with Gasteiger partial charge in [0.2, 0.25) is 6.54 Å². The van der Waals surface area contributed by atoms with Gasteiger partial charge in [0.25, 0.3) is 5.78 Å². The molecule has 8 nitrogen and oxygen atoms in total. The molecule has 2 unspecified atom stereocenters. The number of hydrogen-bond donors (Lipinski definition) is 0. The Morgan fingerprint density at radius 2 is 1.90 bits per heavy atom. The standard InChI is InChI=1S/C29H30F3N5O3/c1-17-12-18(2)37-27(34-17)35-25(36-37)14-22-24(38)15-28(40-26(22)39,21-6-4-5-7-21)11-10-19-8-9-20(16-33-3)23(13-19)29(30,31)32/h8-9,12-13,21-22H,4-7,10-11,14-16H2,1-2H3. The zero-order chi connectivity index (χ0) is 28.7. The fraction of sp³-hybridized carbons (Fsp3) is 0.517. The highest BCUT2D eigenvalue weighted by atomic mass is 19.4. The summed E-state index contributed by atoms with van der Waals surface area (Å²) in [5.74, 6) is -1.25. The van der Waals surface area contributed by atoms with Gasteiger partial charge in [0.05, 0.1) is 5.56 Å². The van der Waals surface area contributed by atoms with Gasteiger partial charge in [-0.05, 0) is 63.1 Å². The lowest BCUT2D eigenvalue weighted by Crippen LogP contribution is -2.52. The summed E-state index contributed by atoms with van der Waals surface area (Å²) in [6, 6.07) is 5.86. The number of carbonyl (C=O) groups is 2. The first-order valence-corrected chi connectivity index (χ1v) is 13.5. The lowest BCUT2D eigenvalue weighted by atomic mass is 9.73. The quantitative estimate of drug-likeness (QED) is 0.221. The maximum Gasteiger partial charge on any atom is 0.416 e. The molecule has 2 fully saturated rings. The van der Waals surface area contributed by atoms with Crippen LogP contribution in [0.25, 0.3) is 10.6 Å². The average molecular weight is 554 g/mol. The minimum Gasteiger partial charge on any atom is -0.458 e. The van der Waals surface area contributed by atoms with Crippen LogP contribution >= 0.6 is 0 Å². The van der Waals surface area contributed by atoms with Gasteiger partial charge in [-0.2, -0.15) is 18.2 Å². The second-order valence-electron chi connectivity index (χ2n) is 11.0. The Hall–Kier alpha value is -3.81. The van der Waals surface area contributed by atoms with E-state index in [2.05, 4.69) is 19.9 Å². The van der Waals surface area contributed by atoms with Crippen LogP contribution in [0.2, 0.25) is 0 Å². The number of rotatable bonds is 7. The van der Waals surface area contributed by atoms with Gasteiger partial charge in [-0.25, -0.2) is 16.1 Å². The smallest absolute Gasteiger partial charge is 0.416 e. The Labute approximate surface area is 229 Å². The predicted molar refractivity (Wildman–Crippen MR) is 138 cm³/mol. The van der Waals surface area contributed by atoms with Crippen molar-refractivity contribution in [1.29, 1.82) is 0 Å². The first kappa shape index (κ1) is 27.7. The van der Waals surface area contributed by atoms with E-state index in [-0.39, 0.29) is 49.5 Å². The summed E-state index contributed by atoms with van der Waals surface area (Å²) < 4.78 is 48.7. The Morgan fingerprint density at radius 3 is 2.58 bits per heavy atom. The minimum atomic E-state index is -4.58. The van der Waals surface area contributed by atoms with Gasteiger partial charge >= 0.3 is 12.1 Å². The van der Waals surface area contributed by atoms with E-state index < -0.39 is 29.2 Å². The van der Waals surface area contributed by atoms with Crippen molar-refractivity contribution < 1.29 is 27.5 Å². The topological polar surface area (TPSA) is 90.8 Å². The van der Waals surface area contributed by atoms with Crippen molar-refractivity contribution in [3.05, 3.63) is 69.6 Å². The summed E-state index contributed by atoms with van der Waals surface area (Å²) in [5, 5.41) is 4.43. The minimum absolute atomic E-state index is 0.00226. The number of ether oxygens (including phenoxy) is 1. The summed E-state index contributed by atoms with van der Waals surface area (Å²) in [4.78, 5) is 38.7. The number of Topliss-reactive ketones (excluding diaryl/α,β-unsaturated/α-hetero) is 1. The van der Waals surface area contributed by atoms with Crippen molar-refractivity contribution >= 4 is 17.5 Å². The summed E-state index contributed by atoms with van der Waals surface area (Å²) >= 11 is 0. The number of carbonyl (C=O) groups excluding carboxylic acids is 2. The van der Waals surface area contributed by atoms with E-state index in [1.807, 2.05) is 19.9 Å². The summed E-state index contributed by atoms with van der Waals surface area (Å²) in [6.07, 6.45) is -0.639. The number of aromatic nitrogens is 4. The molecular formula is C29H30F3N5O3. The molecular weight excluding hydrogens is 523 g/mol. The monoisotopic (exact) mass is 553 g/mol. The Bertz CT molecular complexity index is 1480. The molecule has 40 heavy (non-hydrogen) atoms. The first-order chi connectivity index (χ1) is 19.0. The maximum atomic E-state index is 13.7. The zero-order valence-electron chi connectivity index (χ0n) is 22.4. The van der Waals surface area contributed by atoms with Crippen LogP contribution in [0, 0.1) is 32.3 Å². The second-order valence-corrected chi connectivity index (χ2v) is 11.0. The molecule has 1 saturated heterocycles. The molecule has 2 aromatic heterocycles. The van der Waals surface area contributed by atoms with Crippen LogP contribution in [0.3, 0.4) is 0 Å². The molecule has 5 rings (SSSR count). The number of halogens is 3. The molecule has 0 bridgehead atoms. The van der Waals surface area contributed by atoms with Crippen molar-refractivity contribution in [3.8, 4) is 0 Å². The van der Waals surface area contributed by atoms with E-state index in [4.69, 9.17) is 11.3 Å². The third-order valence-electron chi connectivity index (χ3n) is 8.16. The molecule has 0 N–H and O–H groups in total. The van der Waals surface area contributed by atoms with Gasteiger partial charge < -0.3 is 9.58 Å². The molecule has 0 spiro atoms. The number of ketones is 1. The SMILES string of the molecule is [C-]#[N+]Cc1ccc(CCC2(C3CCCC3)CC(=O)C(Cc3nc4nc(C)cc(C)n4n3)C(=O)O2)cc1C(F)(F)F. The van der Waals surface area contributed by atoms with Gasteiger partial charge in [0.15, 0.2) is 11.6 Å². The van der Waals surface area contributed by atoms with Crippen molar-refractivity contribution in [2.75, 3.05) is 0 Å². The van der Waals surface area contributed by atoms with Gasteiger partial charge in [0, 0.05) is 29.8 Å². The first-order valence-electron chi connectivity index (χ1n) is 13.5. The Morgan fingerprint density at radius 1 is 1.15 bits per heavy atom. The zero-order valence-corrected chi connectivity index (χ0v) is 22.4. The second kappa shape index (κ2) is 10.6. The highest BCUT2D eigenvalue weighted by molar-refractivity contribution is 6.01. The van der Waals surface area contributed by atoms with Crippen LogP contribution < -0.4 is 0 Å². The Kier molecular flexibility index (Phi) is 7.38. The van der Waals surface area contributed by atoms with E-state index in [1.165, 1.54) is 6.07 Å². The van der Waals surface area contributed by atoms with E-state index in [1.54, 1.807) is 10.6 Å². The molecule has 3 heterocycles. The third-order valence-corrected chi connectivity index (χ3v) is 8.16. The van der Waals surface area contributed by atoms with Crippen molar-refractivity contribution in [3.63, 3.8) is 0 Å². The maximum absolute atomic E-state index is 13.7. The van der Waals surface area contributed by atoms with Crippen LogP contribution in [0.5, 0.6) is 0 Å². The lowest BCUT2D eigenvalue weighted by molar-refractivity contribution is -0.185. The molecule has 1 aliphatic carbocycles. The van der Waals surface area contributed by atoms with Crippen LogP contribution in [-0.4, -0.2) is 36.9 Å². The molecule has 210 valence electrons. The predicted octanol–water partition coefficient (Wildman–Crippen LogP) is 5.42. The molecule has 11 heteroatoms. The largest absolute Gasteiger partial charge is 0.458 e. The fourth-order valence-corrected chi connectivity index (χ4v) is 6.18. The van der Waals surface area contributed by atoms with Gasteiger partial charge in [-0.1, -0.05) is 25.0 Å². The number of cyclic esters (lactones) is 1. The molecule has 2 aliphatic rings. The number of hydrogen-bond acceptors (Lipinski definition) is 6. The third kappa shape index (κ3) is 5.44. The van der Waals surface area contributed by atoms with Crippen molar-refractivity contribution in [1.82, 2.24) is 19.6 Å². The van der Waals surface area contributed by atoms with E-state index in [9.17, 15) is 22.8 Å². The number of nitrogens with zero attached hydrogens (tertiary/aromatic N) is 5. The van der Waals surface area contributed by atoms with E-state index in [0.717, 1.165) is 43.1 Å². The van der Waals surface area contributed by atoms with Crippen LogP contribution in [-0.2, 0) is 39.9 Å². The fourth-order valence-electron chi connectivity index (χ4n) is 6.18. The number of alkyl halides is 3. The molecule has 0 amide bonds. The molecule has 1 aromatic carbocycles. The van der Waals surface area contributed by atoms with E-state index in [0.29, 0.717) is 17.2 Å². The summed E-state index contributed by atoms with van der Waals surface area (Å²) in [6.45, 7) is 10.3. The lowest BCUT2D eigenvalue weighted by Gasteiger charge is -2.43.